The summed E-state index contributed by atoms with van der Waals surface area (Å²) in [7, 11) is 0. The molecule has 2 rings (SSSR count). The van der Waals surface area contributed by atoms with E-state index in [0.29, 0.717) is 4.47 Å². The van der Waals surface area contributed by atoms with Crippen LogP contribution in [0.3, 0.4) is 0 Å². The van der Waals surface area contributed by atoms with E-state index in [-0.39, 0.29) is 17.9 Å². The van der Waals surface area contributed by atoms with E-state index in [4.69, 9.17) is 11.8 Å². The molecular weight excluding hydrogens is 313 g/mol. The highest BCUT2D eigenvalue weighted by Gasteiger charge is 2.48. The number of nitrogens with zero attached hydrogens (tertiary/aromatic N) is 1. The van der Waals surface area contributed by atoms with Gasteiger partial charge in [0.05, 0.1) is 6.54 Å². The minimum absolute atomic E-state index is 0.00331. The van der Waals surface area contributed by atoms with Crippen LogP contribution in [0.5, 0.6) is 0 Å². The van der Waals surface area contributed by atoms with Gasteiger partial charge in [-0.15, -0.1) is 6.42 Å². The second kappa shape index (κ2) is 4.67. The van der Waals surface area contributed by atoms with E-state index < -0.39 is 17.4 Å². The highest BCUT2D eigenvalue weighted by atomic mass is 79.9. The van der Waals surface area contributed by atoms with Gasteiger partial charge in [-0.2, -0.15) is 0 Å². The molecule has 19 heavy (non-hydrogen) atoms. The maximum absolute atomic E-state index is 14.0. The standard InChI is InChI=1S/C13H11BrFN3O/c1-3-6-18-12(19)17-11(16)13(18,2)9-7-8(14)4-5-10(9)15/h1,4-5,7H,6H2,2H3,(H2,16,17,19). The van der Waals surface area contributed by atoms with Crippen molar-refractivity contribution < 1.29 is 9.18 Å². The van der Waals surface area contributed by atoms with E-state index in [1.165, 1.54) is 11.0 Å². The van der Waals surface area contributed by atoms with Crippen LogP contribution in [0.1, 0.15) is 12.5 Å². The SMILES string of the molecule is C#CCN1C(=O)NC(=N)C1(C)c1cc(Br)ccc1F. The number of hydrogen-bond donors (Lipinski definition) is 2. The molecule has 1 aliphatic heterocycles. The lowest BCUT2D eigenvalue weighted by Crippen LogP contribution is -2.45. The van der Waals surface area contributed by atoms with E-state index in [1.54, 1.807) is 19.1 Å². The average Bonchev–Trinajstić information content (AvgIpc) is 2.57. The highest BCUT2D eigenvalue weighted by molar-refractivity contribution is 9.10. The van der Waals surface area contributed by atoms with E-state index in [1.807, 2.05) is 0 Å². The molecule has 6 heteroatoms. The van der Waals surface area contributed by atoms with Crippen LogP contribution < -0.4 is 5.32 Å². The number of amides is 2. The van der Waals surface area contributed by atoms with E-state index in [0.717, 1.165) is 0 Å². The van der Waals surface area contributed by atoms with Gasteiger partial charge >= 0.3 is 6.03 Å². The van der Waals surface area contributed by atoms with Crippen LogP contribution >= 0.6 is 15.9 Å². The third-order valence-electron chi connectivity index (χ3n) is 3.21. The van der Waals surface area contributed by atoms with Crippen molar-refractivity contribution >= 4 is 27.8 Å². The summed E-state index contributed by atoms with van der Waals surface area (Å²) in [5.74, 6) is 1.77. The van der Waals surface area contributed by atoms with E-state index >= 15 is 0 Å². The lowest BCUT2D eigenvalue weighted by molar-refractivity contribution is 0.189. The molecule has 1 atom stereocenters. The summed E-state index contributed by atoms with van der Waals surface area (Å²) in [6, 6.07) is 3.90. The van der Waals surface area contributed by atoms with Crippen molar-refractivity contribution in [1.82, 2.24) is 10.2 Å². The van der Waals surface area contributed by atoms with Gasteiger partial charge in [0, 0.05) is 10.0 Å². The Labute approximate surface area is 118 Å². The normalized spacial score (nSPS) is 22.3. The van der Waals surface area contributed by atoms with Crippen molar-refractivity contribution in [3.63, 3.8) is 0 Å². The number of terminal acetylenes is 1. The molecule has 1 aromatic rings. The number of hydrogen-bond acceptors (Lipinski definition) is 2. The summed E-state index contributed by atoms with van der Waals surface area (Å²) >= 11 is 3.26. The number of benzene rings is 1. The predicted octanol–water partition coefficient (Wildman–Crippen LogP) is 2.44. The largest absolute Gasteiger partial charge is 0.324 e. The molecule has 0 bridgehead atoms. The van der Waals surface area contributed by atoms with Gasteiger partial charge in [-0.1, -0.05) is 21.9 Å². The second-order valence-corrected chi connectivity index (χ2v) is 5.21. The fraction of sp³-hybridized carbons (Fsp3) is 0.231. The molecule has 1 aromatic carbocycles. The zero-order chi connectivity index (χ0) is 14.2. The van der Waals surface area contributed by atoms with Crippen molar-refractivity contribution in [3.05, 3.63) is 34.1 Å². The molecule has 0 saturated carbocycles. The van der Waals surface area contributed by atoms with Crippen LogP contribution in [-0.4, -0.2) is 23.3 Å². The van der Waals surface area contributed by atoms with Crippen LogP contribution in [0.4, 0.5) is 9.18 Å². The van der Waals surface area contributed by atoms with Gasteiger partial charge in [0.15, 0.2) is 0 Å². The molecule has 2 N–H and O–H groups in total. The first-order chi connectivity index (χ1) is 8.91. The third kappa shape index (κ3) is 2.00. The lowest BCUT2D eigenvalue weighted by atomic mass is 9.89. The summed E-state index contributed by atoms with van der Waals surface area (Å²) in [6.07, 6.45) is 5.24. The Morgan fingerprint density at radius 2 is 2.32 bits per heavy atom. The van der Waals surface area contributed by atoms with Crippen LogP contribution in [0.2, 0.25) is 0 Å². The monoisotopic (exact) mass is 323 g/mol. The second-order valence-electron chi connectivity index (χ2n) is 4.29. The Hall–Kier alpha value is -1.87. The maximum Gasteiger partial charge on any atom is 0.324 e. The summed E-state index contributed by atoms with van der Waals surface area (Å²) in [6.45, 7) is 1.59. The van der Waals surface area contributed by atoms with Gasteiger partial charge in [-0.3, -0.25) is 15.6 Å². The van der Waals surface area contributed by atoms with Crippen molar-refractivity contribution in [2.24, 2.45) is 0 Å². The molecule has 1 aliphatic rings. The molecule has 0 aliphatic carbocycles. The Bertz CT molecular complexity index is 610. The van der Waals surface area contributed by atoms with Crippen LogP contribution in [0, 0.1) is 23.6 Å². The topological polar surface area (TPSA) is 56.2 Å². The molecule has 1 heterocycles. The first-order valence-electron chi connectivity index (χ1n) is 5.48. The Balaban J connectivity index is 2.62. The van der Waals surface area contributed by atoms with Crippen LogP contribution in [-0.2, 0) is 5.54 Å². The zero-order valence-corrected chi connectivity index (χ0v) is 11.7. The summed E-state index contributed by atoms with van der Waals surface area (Å²) in [5.41, 5.74) is -1.00. The molecule has 2 amide bonds. The minimum atomic E-state index is -1.22. The number of amidine groups is 1. The highest BCUT2D eigenvalue weighted by Crippen LogP contribution is 2.35. The lowest BCUT2D eigenvalue weighted by Gasteiger charge is -2.32. The number of nitrogens with one attached hydrogen (secondary N) is 2. The van der Waals surface area contributed by atoms with Crippen molar-refractivity contribution in [2.75, 3.05) is 6.54 Å². The fourth-order valence-electron chi connectivity index (χ4n) is 2.11. The number of halogens is 2. The predicted molar refractivity (Wildman–Crippen MR) is 73.2 cm³/mol. The third-order valence-corrected chi connectivity index (χ3v) is 3.70. The van der Waals surface area contributed by atoms with Crippen LogP contribution in [0.15, 0.2) is 22.7 Å². The Morgan fingerprint density at radius 1 is 1.63 bits per heavy atom. The number of urea groups is 1. The molecule has 0 radical (unpaired) electrons. The van der Waals surface area contributed by atoms with Gasteiger partial charge in [0.25, 0.3) is 0 Å². The summed E-state index contributed by atoms with van der Waals surface area (Å²) in [4.78, 5) is 13.1. The smallest absolute Gasteiger partial charge is 0.297 e. The Morgan fingerprint density at radius 3 is 2.95 bits per heavy atom. The van der Waals surface area contributed by atoms with Gasteiger partial charge in [0.1, 0.15) is 17.2 Å². The van der Waals surface area contributed by atoms with Gasteiger partial charge in [-0.25, -0.2) is 9.18 Å². The number of carbonyl (C=O) groups is 1. The molecule has 1 fully saturated rings. The van der Waals surface area contributed by atoms with E-state index in [9.17, 15) is 9.18 Å². The fourth-order valence-corrected chi connectivity index (χ4v) is 2.47. The molecular formula is C13H11BrFN3O. The Kier molecular flexibility index (Phi) is 3.33. The first-order valence-corrected chi connectivity index (χ1v) is 6.27. The average molecular weight is 324 g/mol. The molecule has 0 aromatic heterocycles. The summed E-state index contributed by atoms with van der Waals surface area (Å²) in [5, 5.41) is 10.3. The molecule has 4 nitrogen and oxygen atoms in total. The van der Waals surface area contributed by atoms with Gasteiger partial charge in [-0.05, 0) is 25.1 Å². The van der Waals surface area contributed by atoms with Gasteiger partial charge in [0.2, 0.25) is 0 Å². The van der Waals surface area contributed by atoms with Crippen molar-refractivity contribution in [3.8, 4) is 12.3 Å². The zero-order valence-electron chi connectivity index (χ0n) is 10.1. The molecule has 98 valence electrons. The van der Waals surface area contributed by atoms with Crippen molar-refractivity contribution in [2.45, 2.75) is 12.5 Å². The number of carbonyl (C=O) groups excluding carboxylic acids is 1. The maximum atomic E-state index is 14.0. The minimum Gasteiger partial charge on any atom is -0.297 e. The molecule has 1 unspecified atom stereocenters. The quantitative estimate of drug-likeness (QED) is 0.807. The first kappa shape index (κ1) is 13.6. The van der Waals surface area contributed by atoms with Gasteiger partial charge < -0.3 is 0 Å². The molecule has 1 saturated heterocycles. The van der Waals surface area contributed by atoms with Crippen LogP contribution in [0.25, 0.3) is 0 Å². The van der Waals surface area contributed by atoms with Crippen molar-refractivity contribution in [1.29, 1.82) is 5.41 Å². The van der Waals surface area contributed by atoms with E-state index in [2.05, 4.69) is 27.2 Å². The summed E-state index contributed by atoms with van der Waals surface area (Å²) < 4.78 is 14.7. The molecule has 0 spiro atoms. The number of rotatable bonds is 2.